The van der Waals surface area contributed by atoms with Gasteiger partial charge in [-0.25, -0.2) is 8.42 Å². The predicted molar refractivity (Wildman–Crippen MR) is 148 cm³/mol. The lowest BCUT2D eigenvalue weighted by Gasteiger charge is -2.34. The van der Waals surface area contributed by atoms with Crippen LogP contribution < -0.4 is 5.32 Å². The second kappa shape index (κ2) is 13.3. The number of hydrogen-bond acceptors (Lipinski definition) is 4. The van der Waals surface area contributed by atoms with E-state index in [4.69, 9.17) is 0 Å². The van der Waals surface area contributed by atoms with Gasteiger partial charge in [0, 0.05) is 33.9 Å². The fourth-order valence-electron chi connectivity index (χ4n) is 4.54. The number of carbonyl (C=O) groups is 1. The molecule has 192 valence electrons. The Morgan fingerprint density at radius 3 is 2.34 bits per heavy atom. The molecule has 2 aromatic carbocycles. The number of halogens is 1. The lowest BCUT2D eigenvalue weighted by Crippen LogP contribution is -2.42. The van der Waals surface area contributed by atoms with E-state index < -0.39 is 10.0 Å². The van der Waals surface area contributed by atoms with Crippen LogP contribution in [0.5, 0.6) is 0 Å². The minimum atomic E-state index is -3.68. The average molecular weight is 582 g/mol. The van der Waals surface area contributed by atoms with Gasteiger partial charge in [0.1, 0.15) is 0 Å². The molecule has 3 rings (SSSR count). The topological polar surface area (TPSA) is 66.5 Å². The van der Waals surface area contributed by atoms with Crippen LogP contribution in [0.3, 0.4) is 0 Å². The number of piperidine rings is 1. The summed E-state index contributed by atoms with van der Waals surface area (Å²) in [4.78, 5) is 15.1. The zero-order valence-corrected chi connectivity index (χ0v) is 24.1. The highest BCUT2D eigenvalue weighted by Gasteiger charge is 2.32. The standard InChI is InChI=1S/C27H37BrN2O3S2/c1-4-5-6-7-8-15-29-27(31)25-17-24(35(32,33)30-18-20(2)16-21(3)19-30)13-14-26(25)34-23-11-9-22(28)10-12-23/h9-14,17,20-21H,4-8,15-16,18-19H2,1-3H3,(H,29,31)/t20-,21-/m0/s1. The molecule has 0 aliphatic carbocycles. The molecule has 5 nitrogen and oxygen atoms in total. The SMILES string of the molecule is CCCCCCCNC(=O)c1cc(S(=O)(=O)N2C[C@@H](C)C[C@H](C)C2)ccc1Sc1ccc(Br)cc1. The summed E-state index contributed by atoms with van der Waals surface area (Å²) in [6.45, 7) is 7.98. The molecule has 1 amide bonds. The summed E-state index contributed by atoms with van der Waals surface area (Å²) in [6.07, 6.45) is 6.57. The van der Waals surface area contributed by atoms with Crippen molar-refractivity contribution in [1.29, 1.82) is 0 Å². The van der Waals surface area contributed by atoms with Crippen LogP contribution in [0, 0.1) is 11.8 Å². The highest BCUT2D eigenvalue weighted by molar-refractivity contribution is 9.10. The van der Waals surface area contributed by atoms with Gasteiger partial charge in [-0.05, 0) is 67.1 Å². The van der Waals surface area contributed by atoms with E-state index in [1.807, 2.05) is 24.3 Å². The Morgan fingerprint density at radius 1 is 1.03 bits per heavy atom. The normalized spacial score (nSPS) is 19.0. The van der Waals surface area contributed by atoms with Crippen LogP contribution >= 0.6 is 27.7 Å². The number of benzene rings is 2. The molecule has 0 radical (unpaired) electrons. The molecule has 1 aliphatic heterocycles. The molecule has 8 heteroatoms. The van der Waals surface area contributed by atoms with E-state index in [0.29, 0.717) is 37.0 Å². The van der Waals surface area contributed by atoms with Crippen molar-refractivity contribution in [3.05, 3.63) is 52.5 Å². The second-order valence-corrected chi connectivity index (χ2v) is 13.6. The minimum absolute atomic E-state index is 0.187. The van der Waals surface area contributed by atoms with Gasteiger partial charge in [0.15, 0.2) is 0 Å². The van der Waals surface area contributed by atoms with Crippen LogP contribution in [0.4, 0.5) is 0 Å². The van der Waals surface area contributed by atoms with E-state index in [-0.39, 0.29) is 10.8 Å². The van der Waals surface area contributed by atoms with Crippen LogP contribution in [-0.2, 0) is 10.0 Å². The molecule has 0 aromatic heterocycles. The maximum Gasteiger partial charge on any atom is 0.252 e. The second-order valence-electron chi connectivity index (χ2n) is 9.65. The molecule has 1 aliphatic rings. The van der Waals surface area contributed by atoms with Gasteiger partial charge in [-0.15, -0.1) is 0 Å². The van der Waals surface area contributed by atoms with Gasteiger partial charge in [-0.2, -0.15) is 4.31 Å². The Kier molecular flexibility index (Phi) is 10.7. The van der Waals surface area contributed by atoms with Crippen LogP contribution in [-0.4, -0.2) is 38.3 Å². The van der Waals surface area contributed by atoms with Crippen LogP contribution in [0.2, 0.25) is 0 Å². The highest BCUT2D eigenvalue weighted by Crippen LogP contribution is 2.34. The van der Waals surface area contributed by atoms with Crippen molar-refractivity contribution < 1.29 is 13.2 Å². The van der Waals surface area contributed by atoms with Gasteiger partial charge >= 0.3 is 0 Å². The molecule has 0 saturated carbocycles. The average Bonchev–Trinajstić information content (AvgIpc) is 2.82. The summed E-state index contributed by atoms with van der Waals surface area (Å²) >= 11 is 4.92. The molecule has 2 atom stereocenters. The molecule has 35 heavy (non-hydrogen) atoms. The lowest BCUT2D eigenvalue weighted by molar-refractivity contribution is 0.0949. The number of nitrogens with one attached hydrogen (secondary N) is 1. The maximum absolute atomic E-state index is 13.5. The van der Waals surface area contributed by atoms with E-state index in [1.54, 1.807) is 22.5 Å². The first-order valence-electron chi connectivity index (χ1n) is 12.6. The molecule has 1 heterocycles. The monoisotopic (exact) mass is 580 g/mol. The zero-order chi connectivity index (χ0) is 25.4. The molecule has 1 saturated heterocycles. The Balaban J connectivity index is 1.85. The van der Waals surface area contributed by atoms with E-state index in [0.717, 1.165) is 39.9 Å². The highest BCUT2D eigenvalue weighted by atomic mass is 79.9. The first-order valence-corrected chi connectivity index (χ1v) is 15.6. The van der Waals surface area contributed by atoms with Gasteiger partial charge in [0.05, 0.1) is 10.5 Å². The molecule has 1 N–H and O–H groups in total. The molecule has 1 fully saturated rings. The van der Waals surface area contributed by atoms with Crippen molar-refractivity contribution >= 4 is 43.6 Å². The number of nitrogens with zero attached hydrogens (tertiary/aromatic N) is 1. The van der Waals surface area contributed by atoms with Gasteiger partial charge in [-0.1, -0.05) is 74.1 Å². The molecular formula is C27H37BrN2O3S2. The van der Waals surface area contributed by atoms with Crippen LogP contribution in [0.15, 0.2) is 61.6 Å². The first-order chi connectivity index (χ1) is 16.7. The fourth-order valence-corrected chi connectivity index (χ4v) is 7.44. The maximum atomic E-state index is 13.5. The third kappa shape index (κ3) is 8.07. The van der Waals surface area contributed by atoms with Crippen molar-refractivity contribution in [3.8, 4) is 0 Å². The number of rotatable bonds is 11. The molecule has 0 spiro atoms. The summed E-state index contributed by atoms with van der Waals surface area (Å²) in [6, 6.07) is 12.8. The number of sulfonamides is 1. The van der Waals surface area contributed by atoms with E-state index in [2.05, 4.69) is 42.0 Å². The third-order valence-corrected chi connectivity index (χ3v) is 9.72. The Labute approximate surface area is 223 Å². The Hall–Kier alpha value is -1.35. The molecule has 0 bridgehead atoms. The Bertz CT molecular complexity index is 1080. The lowest BCUT2D eigenvalue weighted by atomic mass is 9.94. The van der Waals surface area contributed by atoms with Gasteiger partial charge < -0.3 is 5.32 Å². The quantitative estimate of drug-likeness (QED) is 0.291. The third-order valence-electron chi connectivity index (χ3n) is 6.28. The van der Waals surface area contributed by atoms with Gasteiger partial charge in [-0.3, -0.25) is 4.79 Å². The minimum Gasteiger partial charge on any atom is -0.352 e. The summed E-state index contributed by atoms with van der Waals surface area (Å²) in [7, 11) is -3.68. The van der Waals surface area contributed by atoms with E-state index >= 15 is 0 Å². The van der Waals surface area contributed by atoms with Crippen molar-refractivity contribution in [2.75, 3.05) is 19.6 Å². The molecule has 0 unspecified atom stereocenters. The largest absolute Gasteiger partial charge is 0.352 e. The molecular weight excluding hydrogens is 544 g/mol. The van der Waals surface area contributed by atoms with Crippen molar-refractivity contribution in [3.63, 3.8) is 0 Å². The summed E-state index contributed by atoms with van der Waals surface area (Å²) in [5.41, 5.74) is 0.408. The number of hydrogen-bond donors (Lipinski definition) is 1. The summed E-state index contributed by atoms with van der Waals surface area (Å²) in [5, 5.41) is 3.02. The smallest absolute Gasteiger partial charge is 0.252 e. The van der Waals surface area contributed by atoms with Crippen LogP contribution in [0.25, 0.3) is 0 Å². The Morgan fingerprint density at radius 2 is 1.69 bits per heavy atom. The van der Waals surface area contributed by atoms with E-state index in [1.165, 1.54) is 24.6 Å². The summed E-state index contributed by atoms with van der Waals surface area (Å²) in [5.74, 6) is 0.407. The van der Waals surface area contributed by atoms with Crippen molar-refractivity contribution in [1.82, 2.24) is 9.62 Å². The number of carbonyl (C=O) groups excluding carboxylic acids is 1. The van der Waals surface area contributed by atoms with Crippen molar-refractivity contribution in [2.24, 2.45) is 11.8 Å². The van der Waals surface area contributed by atoms with Gasteiger partial charge in [0.25, 0.3) is 5.91 Å². The molecule has 2 aromatic rings. The predicted octanol–water partition coefficient (Wildman–Crippen LogP) is 6.97. The van der Waals surface area contributed by atoms with Crippen LogP contribution in [0.1, 0.15) is 69.7 Å². The summed E-state index contributed by atoms with van der Waals surface area (Å²) < 4.78 is 29.6. The van der Waals surface area contributed by atoms with E-state index in [9.17, 15) is 13.2 Å². The number of amides is 1. The zero-order valence-electron chi connectivity index (χ0n) is 20.9. The first kappa shape index (κ1) is 28.2. The van der Waals surface area contributed by atoms with Gasteiger partial charge in [0.2, 0.25) is 10.0 Å². The number of unbranched alkanes of at least 4 members (excludes halogenated alkanes) is 4. The fraction of sp³-hybridized carbons (Fsp3) is 0.519. The van der Waals surface area contributed by atoms with Crippen molar-refractivity contribution in [2.45, 2.75) is 74.0 Å².